The monoisotopic (exact) mass is 263 g/mol. The maximum absolute atomic E-state index is 12.0. The Morgan fingerprint density at radius 3 is 2.68 bits per heavy atom. The molecule has 1 aliphatic rings. The highest BCUT2D eigenvalue weighted by Gasteiger charge is 2.37. The minimum Gasteiger partial charge on any atom is -0.501 e. The van der Waals surface area contributed by atoms with Crippen molar-refractivity contribution in [1.82, 2.24) is 5.32 Å². The first kappa shape index (κ1) is 13.7. The van der Waals surface area contributed by atoms with E-state index in [9.17, 15) is 4.79 Å². The van der Waals surface area contributed by atoms with Crippen molar-refractivity contribution in [2.75, 3.05) is 7.11 Å². The van der Waals surface area contributed by atoms with E-state index in [4.69, 9.17) is 9.15 Å². The molecule has 0 saturated heterocycles. The number of rotatable bonds is 2. The molecular weight excluding hydrogens is 242 g/mol. The zero-order valence-corrected chi connectivity index (χ0v) is 11.9. The average molecular weight is 263 g/mol. The van der Waals surface area contributed by atoms with Gasteiger partial charge in [-0.25, -0.2) is 0 Å². The van der Waals surface area contributed by atoms with Gasteiger partial charge in [0.05, 0.1) is 25.7 Å². The summed E-state index contributed by atoms with van der Waals surface area (Å²) in [7, 11) is 1.59. The molecule has 1 N–H and O–H groups in total. The van der Waals surface area contributed by atoms with Crippen molar-refractivity contribution in [2.45, 2.75) is 39.2 Å². The fourth-order valence-electron chi connectivity index (χ4n) is 2.45. The van der Waals surface area contributed by atoms with E-state index in [0.29, 0.717) is 5.76 Å². The van der Waals surface area contributed by atoms with E-state index in [2.05, 4.69) is 26.1 Å². The number of amides is 1. The van der Waals surface area contributed by atoms with E-state index < -0.39 is 0 Å². The van der Waals surface area contributed by atoms with Crippen LogP contribution >= 0.6 is 0 Å². The maximum atomic E-state index is 12.0. The number of nitrogens with one attached hydrogen (secondary N) is 1. The second-order valence-electron chi connectivity index (χ2n) is 5.97. The van der Waals surface area contributed by atoms with Crippen LogP contribution in [0.2, 0.25) is 0 Å². The lowest BCUT2D eigenvalue weighted by Crippen LogP contribution is -2.46. The van der Waals surface area contributed by atoms with Gasteiger partial charge < -0.3 is 14.5 Å². The van der Waals surface area contributed by atoms with Crippen LogP contribution < -0.4 is 5.32 Å². The van der Waals surface area contributed by atoms with Gasteiger partial charge in [0.1, 0.15) is 11.5 Å². The number of hydrogen-bond donors (Lipinski definition) is 1. The molecule has 0 aliphatic carbocycles. The third kappa shape index (κ3) is 3.00. The van der Waals surface area contributed by atoms with E-state index in [1.165, 1.54) is 0 Å². The van der Waals surface area contributed by atoms with Crippen LogP contribution in [0, 0.1) is 5.41 Å². The van der Waals surface area contributed by atoms with Gasteiger partial charge >= 0.3 is 0 Å². The quantitative estimate of drug-likeness (QED) is 0.892. The number of carbonyl (C=O) groups excluding carboxylic acids is 1. The highest BCUT2D eigenvalue weighted by atomic mass is 16.5. The average Bonchev–Trinajstić information content (AvgIpc) is 2.78. The first-order chi connectivity index (χ1) is 8.91. The summed E-state index contributed by atoms with van der Waals surface area (Å²) in [6, 6.07) is 3.77. The largest absolute Gasteiger partial charge is 0.501 e. The van der Waals surface area contributed by atoms with Crippen molar-refractivity contribution < 1.29 is 13.9 Å². The van der Waals surface area contributed by atoms with Crippen molar-refractivity contribution >= 4 is 5.91 Å². The summed E-state index contributed by atoms with van der Waals surface area (Å²) >= 11 is 0. The third-order valence-corrected chi connectivity index (χ3v) is 3.44. The molecule has 19 heavy (non-hydrogen) atoms. The van der Waals surface area contributed by atoms with Gasteiger partial charge in [-0.05, 0) is 23.6 Å². The second-order valence-corrected chi connectivity index (χ2v) is 5.97. The summed E-state index contributed by atoms with van der Waals surface area (Å²) in [4.78, 5) is 12.0. The number of ether oxygens (including phenoxy) is 1. The number of methoxy groups -OCH3 is 1. The van der Waals surface area contributed by atoms with Gasteiger partial charge in [0.2, 0.25) is 5.91 Å². The van der Waals surface area contributed by atoms with Crippen LogP contribution in [-0.2, 0) is 9.53 Å². The summed E-state index contributed by atoms with van der Waals surface area (Å²) in [5, 5.41) is 3.09. The smallest absolute Gasteiger partial charge is 0.227 e. The van der Waals surface area contributed by atoms with E-state index in [0.717, 1.165) is 5.76 Å². The standard InChI is InChI=1S/C15H21NO3/c1-15(2,3)14-11(12-6-5-7-19-12)8-10(18-4)9-13(17)16-14/h5-8,11,14H,9H2,1-4H3,(H,16,17)/t11-,14-/m0/s1. The van der Waals surface area contributed by atoms with Crippen molar-refractivity contribution in [3.8, 4) is 0 Å². The van der Waals surface area contributed by atoms with Crippen molar-refractivity contribution in [1.29, 1.82) is 0 Å². The molecule has 0 saturated carbocycles. The predicted molar refractivity (Wildman–Crippen MR) is 72.5 cm³/mol. The molecule has 0 spiro atoms. The van der Waals surface area contributed by atoms with E-state index in [1.807, 2.05) is 18.2 Å². The Bertz CT molecular complexity index is 468. The molecule has 1 amide bonds. The third-order valence-electron chi connectivity index (χ3n) is 3.44. The zero-order valence-electron chi connectivity index (χ0n) is 11.9. The SMILES string of the molecule is COC1=C[C@@H](c2ccco2)[C@@H](C(C)(C)C)NC(=O)C1. The molecule has 1 aliphatic heterocycles. The Balaban J connectivity index is 2.44. The minimum absolute atomic E-state index is 0.0120. The molecule has 2 rings (SSSR count). The summed E-state index contributed by atoms with van der Waals surface area (Å²) in [6.07, 6.45) is 3.93. The van der Waals surface area contributed by atoms with Crippen molar-refractivity contribution in [3.05, 3.63) is 36.0 Å². The van der Waals surface area contributed by atoms with E-state index in [1.54, 1.807) is 13.4 Å². The normalized spacial score (nSPS) is 24.4. The van der Waals surface area contributed by atoms with E-state index >= 15 is 0 Å². The Labute approximate surface area is 113 Å². The molecule has 0 unspecified atom stereocenters. The van der Waals surface area contributed by atoms with Gasteiger partial charge in [-0.3, -0.25) is 4.79 Å². The van der Waals surface area contributed by atoms with Gasteiger partial charge in [-0.2, -0.15) is 0 Å². The van der Waals surface area contributed by atoms with E-state index in [-0.39, 0.29) is 29.7 Å². The fraction of sp³-hybridized carbons (Fsp3) is 0.533. The van der Waals surface area contributed by atoms with Crippen molar-refractivity contribution in [3.63, 3.8) is 0 Å². The van der Waals surface area contributed by atoms with Crippen molar-refractivity contribution in [2.24, 2.45) is 5.41 Å². The molecule has 0 fully saturated rings. The van der Waals surface area contributed by atoms with Crippen LogP contribution in [0.4, 0.5) is 0 Å². The molecule has 2 atom stereocenters. The maximum Gasteiger partial charge on any atom is 0.227 e. The van der Waals surface area contributed by atoms with Crippen LogP contribution in [-0.4, -0.2) is 19.1 Å². The summed E-state index contributed by atoms with van der Waals surface area (Å²) < 4.78 is 10.8. The van der Waals surface area contributed by atoms with Gasteiger partial charge in [-0.15, -0.1) is 0 Å². The van der Waals surface area contributed by atoms with Gasteiger partial charge in [-0.1, -0.05) is 20.8 Å². The number of hydrogen-bond acceptors (Lipinski definition) is 3. The summed E-state index contributed by atoms with van der Waals surface area (Å²) in [5.41, 5.74) is -0.0766. The lowest BCUT2D eigenvalue weighted by atomic mass is 9.78. The fourth-order valence-corrected chi connectivity index (χ4v) is 2.45. The molecule has 104 valence electrons. The van der Waals surface area contributed by atoms with Crippen LogP contribution in [0.25, 0.3) is 0 Å². The molecule has 2 heterocycles. The molecule has 0 aromatic carbocycles. The Morgan fingerprint density at radius 1 is 1.42 bits per heavy atom. The van der Waals surface area contributed by atoms with Crippen LogP contribution in [0.3, 0.4) is 0 Å². The van der Waals surface area contributed by atoms with Gasteiger partial charge in [0.15, 0.2) is 0 Å². The first-order valence-electron chi connectivity index (χ1n) is 6.49. The molecule has 1 aromatic heterocycles. The highest BCUT2D eigenvalue weighted by Crippen LogP contribution is 2.35. The molecule has 0 radical (unpaired) electrons. The molecule has 1 aromatic rings. The molecular formula is C15H21NO3. The molecule has 0 bridgehead atoms. The lowest BCUT2D eigenvalue weighted by molar-refractivity contribution is -0.122. The van der Waals surface area contributed by atoms with Crippen LogP contribution in [0.15, 0.2) is 34.6 Å². The summed E-state index contributed by atoms with van der Waals surface area (Å²) in [6.45, 7) is 6.33. The Morgan fingerprint density at radius 2 is 2.16 bits per heavy atom. The van der Waals surface area contributed by atoms with Crippen LogP contribution in [0.5, 0.6) is 0 Å². The van der Waals surface area contributed by atoms with Crippen LogP contribution in [0.1, 0.15) is 38.9 Å². The van der Waals surface area contributed by atoms with Gasteiger partial charge in [0, 0.05) is 6.04 Å². The lowest BCUT2D eigenvalue weighted by Gasteiger charge is -2.34. The topological polar surface area (TPSA) is 51.5 Å². The minimum atomic E-state index is -0.0766. The number of carbonyl (C=O) groups is 1. The number of furan rings is 1. The Kier molecular flexibility index (Phi) is 3.69. The zero-order chi connectivity index (χ0) is 14.0. The molecule has 4 nitrogen and oxygen atoms in total. The predicted octanol–water partition coefficient (Wildman–Crippen LogP) is 2.83. The summed E-state index contributed by atoms with van der Waals surface area (Å²) in [5.74, 6) is 1.50. The molecule has 4 heteroatoms. The van der Waals surface area contributed by atoms with Gasteiger partial charge in [0.25, 0.3) is 0 Å². The second kappa shape index (κ2) is 5.11. The highest BCUT2D eigenvalue weighted by molar-refractivity contribution is 5.79. The Hall–Kier alpha value is -1.71. The first-order valence-corrected chi connectivity index (χ1v) is 6.49.